The first-order valence-corrected chi connectivity index (χ1v) is 13.5. The Kier molecular flexibility index (Phi) is 11.2. The lowest BCUT2D eigenvalue weighted by Gasteiger charge is -2.19. The van der Waals surface area contributed by atoms with Crippen LogP contribution < -0.4 is 21.7 Å². The van der Waals surface area contributed by atoms with Crippen molar-refractivity contribution in [3.8, 4) is 0 Å². The van der Waals surface area contributed by atoms with Crippen LogP contribution in [0.25, 0.3) is 0 Å². The number of anilines is 4. The molecule has 1 aromatic heterocycles. The lowest BCUT2D eigenvalue weighted by molar-refractivity contribution is -0.155. The van der Waals surface area contributed by atoms with Crippen LogP contribution in [0.15, 0.2) is 54.7 Å². The fourth-order valence-electron chi connectivity index (χ4n) is 3.68. The van der Waals surface area contributed by atoms with Crippen molar-refractivity contribution >= 4 is 40.9 Å². The highest BCUT2D eigenvalue weighted by atomic mass is 16.6. The van der Waals surface area contributed by atoms with Crippen LogP contribution in [0.4, 0.5) is 23.1 Å². The Morgan fingerprint density at radius 2 is 1.76 bits per heavy atom. The van der Waals surface area contributed by atoms with Crippen LogP contribution in [0.2, 0.25) is 0 Å². The SMILES string of the molecule is CCCNc1nc(Nc2ccc(C(N)=O)cc2)ncc1C(=O)Nc1ccccc1COCCCC(=O)OC(C)(C)C. The van der Waals surface area contributed by atoms with Crippen molar-refractivity contribution in [2.24, 2.45) is 5.73 Å². The number of nitrogens with one attached hydrogen (secondary N) is 3. The van der Waals surface area contributed by atoms with Crippen molar-refractivity contribution in [2.75, 3.05) is 29.1 Å². The van der Waals surface area contributed by atoms with Crippen molar-refractivity contribution in [3.63, 3.8) is 0 Å². The summed E-state index contributed by atoms with van der Waals surface area (Å²) in [5, 5.41) is 9.20. The number of carbonyl (C=O) groups is 3. The Morgan fingerprint density at radius 1 is 1.02 bits per heavy atom. The first-order chi connectivity index (χ1) is 19.6. The van der Waals surface area contributed by atoms with Gasteiger partial charge in [-0.15, -0.1) is 0 Å². The largest absolute Gasteiger partial charge is 0.460 e. The molecule has 11 nitrogen and oxygen atoms in total. The predicted octanol–water partition coefficient (Wildman–Crippen LogP) is 5.03. The van der Waals surface area contributed by atoms with E-state index in [0.29, 0.717) is 42.3 Å². The number of carbonyl (C=O) groups excluding carboxylic acids is 3. The smallest absolute Gasteiger partial charge is 0.306 e. The quantitative estimate of drug-likeness (QED) is 0.156. The number of hydrogen-bond donors (Lipinski definition) is 4. The monoisotopic (exact) mass is 562 g/mol. The lowest BCUT2D eigenvalue weighted by atomic mass is 10.1. The molecule has 0 radical (unpaired) electrons. The van der Waals surface area contributed by atoms with Crippen LogP contribution in [0.3, 0.4) is 0 Å². The second-order valence-corrected chi connectivity index (χ2v) is 10.3. The van der Waals surface area contributed by atoms with Gasteiger partial charge in [-0.05, 0) is 63.9 Å². The van der Waals surface area contributed by atoms with E-state index in [2.05, 4.69) is 25.9 Å². The van der Waals surface area contributed by atoms with E-state index in [1.807, 2.05) is 45.9 Å². The first-order valence-electron chi connectivity index (χ1n) is 13.5. The summed E-state index contributed by atoms with van der Waals surface area (Å²) in [5.41, 5.74) is 7.51. The third-order valence-corrected chi connectivity index (χ3v) is 5.61. The number of amides is 2. The first kappa shape index (κ1) is 31.0. The second kappa shape index (κ2) is 14.8. The molecule has 0 atom stereocenters. The van der Waals surface area contributed by atoms with Crippen molar-refractivity contribution in [3.05, 3.63) is 71.4 Å². The lowest BCUT2D eigenvalue weighted by Crippen LogP contribution is -2.23. The molecule has 1 heterocycles. The summed E-state index contributed by atoms with van der Waals surface area (Å²) >= 11 is 0. The number of esters is 1. The van der Waals surface area contributed by atoms with Gasteiger partial charge in [0.05, 0.1) is 6.61 Å². The van der Waals surface area contributed by atoms with Crippen molar-refractivity contribution in [2.45, 2.75) is 59.2 Å². The molecule has 41 heavy (non-hydrogen) atoms. The maximum atomic E-state index is 13.3. The Morgan fingerprint density at radius 3 is 2.44 bits per heavy atom. The molecule has 3 aromatic rings. The Labute approximate surface area is 240 Å². The van der Waals surface area contributed by atoms with E-state index in [9.17, 15) is 14.4 Å². The number of para-hydroxylation sites is 1. The number of ether oxygens (including phenoxy) is 2. The van der Waals surface area contributed by atoms with Gasteiger partial charge in [-0.3, -0.25) is 14.4 Å². The van der Waals surface area contributed by atoms with Crippen molar-refractivity contribution in [1.29, 1.82) is 0 Å². The van der Waals surface area contributed by atoms with Gasteiger partial charge >= 0.3 is 5.97 Å². The minimum absolute atomic E-state index is 0.259. The Balaban J connectivity index is 1.64. The van der Waals surface area contributed by atoms with Gasteiger partial charge in [0.15, 0.2) is 0 Å². The van der Waals surface area contributed by atoms with E-state index >= 15 is 0 Å². The molecule has 0 aliphatic heterocycles. The molecule has 2 aromatic carbocycles. The molecule has 0 fully saturated rings. The van der Waals surface area contributed by atoms with Crippen molar-refractivity contribution in [1.82, 2.24) is 9.97 Å². The summed E-state index contributed by atoms with van der Waals surface area (Å²) in [6, 6.07) is 13.9. The minimum Gasteiger partial charge on any atom is -0.460 e. The zero-order valence-corrected chi connectivity index (χ0v) is 24.0. The zero-order valence-electron chi connectivity index (χ0n) is 24.0. The van der Waals surface area contributed by atoms with Gasteiger partial charge in [0.2, 0.25) is 11.9 Å². The van der Waals surface area contributed by atoms with Crippen LogP contribution in [-0.2, 0) is 20.9 Å². The van der Waals surface area contributed by atoms with Gasteiger partial charge < -0.3 is 31.2 Å². The van der Waals surface area contributed by atoms with Gasteiger partial charge in [0, 0.05) is 48.3 Å². The molecule has 0 spiro atoms. The highest BCUT2D eigenvalue weighted by Crippen LogP contribution is 2.22. The number of rotatable bonds is 14. The van der Waals surface area contributed by atoms with Crippen LogP contribution in [0, 0.1) is 0 Å². The summed E-state index contributed by atoms with van der Waals surface area (Å²) in [6.07, 6.45) is 3.09. The molecule has 0 aliphatic carbocycles. The number of primary amides is 1. The van der Waals surface area contributed by atoms with E-state index < -0.39 is 11.5 Å². The topological polar surface area (TPSA) is 158 Å². The standard InChI is InChI=1S/C30H38N6O5/c1-5-16-32-27-23(18-33-29(36-27)34-22-14-12-20(13-15-22)26(31)38)28(39)35-24-10-7-6-9-21(24)19-40-17-8-11-25(37)41-30(2,3)4/h6-7,9-10,12-15,18H,5,8,11,16-17,19H2,1-4H3,(H2,31,38)(H,35,39)(H2,32,33,34,36). The van der Waals surface area contributed by atoms with Crippen LogP contribution in [0.5, 0.6) is 0 Å². The summed E-state index contributed by atoms with van der Waals surface area (Å²) in [7, 11) is 0. The highest BCUT2D eigenvalue weighted by molar-refractivity contribution is 6.07. The summed E-state index contributed by atoms with van der Waals surface area (Å²) in [6.45, 7) is 8.76. The number of benzene rings is 2. The molecular weight excluding hydrogens is 524 g/mol. The van der Waals surface area contributed by atoms with Crippen molar-refractivity contribution < 1.29 is 23.9 Å². The average molecular weight is 563 g/mol. The van der Waals surface area contributed by atoms with Gasteiger partial charge in [-0.2, -0.15) is 4.98 Å². The molecular formula is C30H38N6O5. The summed E-state index contributed by atoms with van der Waals surface area (Å²) in [4.78, 5) is 45.3. The Hall–Kier alpha value is -4.51. The molecule has 0 aliphatic rings. The Bertz CT molecular complexity index is 1340. The predicted molar refractivity (Wildman–Crippen MR) is 158 cm³/mol. The normalized spacial score (nSPS) is 11.0. The van der Waals surface area contributed by atoms with Crippen LogP contribution >= 0.6 is 0 Å². The zero-order chi connectivity index (χ0) is 29.8. The molecule has 5 N–H and O–H groups in total. The average Bonchev–Trinajstić information content (AvgIpc) is 2.92. The number of aromatic nitrogens is 2. The van der Waals surface area contributed by atoms with Gasteiger partial charge in [0.1, 0.15) is 17.0 Å². The van der Waals surface area contributed by atoms with Gasteiger partial charge in [-0.1, -0.05) is 25.1 Å². The third-order valence-electron chi connectivity index (χ3n) is 5.61. The van der Waals surface area contributed by atoms with E-state index in [-0.39, 0.29) is 36.4 Å². The number of nitrogens with two attached hydrogens (primary N) is 1. The fourth-order valence-corrected chi connectivity index (χ4v) is 3.68. The van der Waals surface area contributed by atoms with E-state index in [0.717, 1.165) is 12.0 Å². The van der Waals surface area contributed by atoms with E-state index in [1.54, 1.807) is 30.3 Å². The van der Waals surface area contributed by atoms with Gasteiger partial charge in [-0.25, -0.2) is 4.98 Å². The fraction of sp³-hybridized carbons (Fsp3) is 0.367. The third kappa shape index (κ3) is 10.2. The number of nitrogens with zero attached hydrogens (tertiary/aromatic N) is 2. The summed E-state index contributed by atoms with van der Waals surface area (Å²) < 4.78 is 11.1. The maximum absolute atomic E-state index is 13.3. The van der Waals surface area contributed by atoms with Gasteiger partial charge in [0.25, 0.3) is 5.91 Å². The molecule has 0 saturated carbocycles. The summed E-state index contributed by atoms with van der Waals surface area (Å²) in [5.74, 6) is -0.483. The molecule has 218 valence electrons. The maximum Gasteiger partial charge on any atom is 0.306 e. The molecule has 2 amide bonds. The second-order valence-electron chi connectivity index (χ2n) is 10.3. The molecule has 0 saturated heterocycles. The molecule has 3 rings (SSSR count). The van der Waals surface area contributed by atoms with E-state index in [4.69, 9.17) is 15.2 Å². The highest BCUT2D eigenvalue weighted by Gasteiger charge is 2.18. The van der Waals surface area contributed by atoms with E-state index in [1.165, 1.54) is 6.20 Å². The number of hydrogen-bond acceptors (Lipinski definition) is 9. The van der Waals surface area contributed by atoms with Crippen LogP contribution in [-0.4, -0.2) is 46.5 Å². The minimum atomic E-state index is -0.513. The molecule has 0 unspecified atom stereocenters. The molecule has 11 heteroatoms. The molecule has 0 bridgehead atoms. The van der Waals surface area contributed by atoms with Crippen LogP contribution in [0.1, 0.15) is 73.2 Å².